The summed E-state index contributed by atoms with van der Waals surface area (Å²) in [5.41, 5.74) is 0.322. The number of phenolic OH excluding ortho intramolecular Hbond substituents is 12. The SMILES string of the molecule is Oc1cc2c(O)cc1Sc1cccc(c1)Sc1cc(O)c(cc1O)-c1cc(O)c(cc1O)Sc1cccc(c1)Sc1cc(O)c(cc1O)-c1cc(O)c(cc1O)Sc1cccc(c1)Sc1cc(O)c-2cc1O. The molecule has 72 heavy (non-hydrogen) atoms. The lowest BCUT2D eigenvalue weighted by Crippen LogP contribution is -1.86. The van der Waals surface area contributed by atoms with Crippen LogP contribution in [0.3, 0.4) is 0 Å². The molecule has 0 radical (unpaired) electrons. The van der Waals surface area contributed by atoms with Crippen LogP contribution in [0, 0.1) is 0 Å². The Morgan fingerprint density at radius 1 is 0.181 bits per heavy atom. The first-order valence-electron chi connectivity index (χ1n) is 21.3. The number of rotatable bonds is 0. The van der Waals surface area contributed by atoms with Gasteiger partial charge in [0.05, 0.1) is 29.4 Å². The summed E-state index contributed by atoms with van der Waals surface area (Å²) in [4.78, 5) is 5.54. The minimum atomic E-state index is -0.289. The number of aromatic hydroxyl groups is 12. The predicted octanol–water partition coefficient (Wildman–Crippen LogP) is 14.4. The van der Waals surface area contributed by atoms with Crippen LogP contribution in [0.2, 0.25) is 0 Å². The average molecular weight is 1070 g/mol. The van der Waals surface area contributed by atoms with Gasteiger partial charge >= 0.3 is 0 Å². The van der Waals surface area contributed by atoms with Crippen molar-refractivity contribution in [3.63, 3.8) is 0 Å². The molecule has 0 saturated carbocycles. The monoisotopic (exact) mass is 1070 g/mol. The molecular weight excluding hydrogens is 1030 g/mol. The molecule has 12 heterocycles. The van der Waals surface area contributed by atoms with Crippen LogP contribution in [0.4, 0.5) is 0 Å². The second-order valence-corrected chi connectivity index (χ2v) is 22.8. The highest BCUT2D eigenvalue weighted by molar-refractivity contribution is 8.01. The van der Waals surface area contributed by atoms with E-state index in [1.54, 1.807) is 72.8 Å². The van der Waals surface area contributed by atoms with Gasteiger partial charge in [0.1, 0.15) is 69.0 Å². The molecule has 18 bridgehead atoms. The minimum absolute atomic E-state index is 0.0536. The second-order valence-electron chi connectivity index (χ2n) is 16.1. The Hall–Kier alpha value is -7.32. The van der Waals surface area contributed by atoms with Crippen molar-refractivity contribution in [3.8, 4) is 102 Å². The average Bonchev–Trinajstić information content (AvgIpc) is 3.33. The summed E-state index contributed by atoms with van der Waals surface area (Å²) in [5, 5.41) is 134. The Balaban J connectivity index is 1.02. The van der Waals surface area contributed by atoms with Crippen molar-refractivity contribution < 1.29 is 61.3 Å². The van der Waals surface area contributed by atoms with Gasteiger partial charge in [0, 0.05) is 62.8 Å². The molecule has 0 aromatic heterocycles. The van der Waals surface area contributed by atoms with E-state index >= 15 is 0 Å². The van der Waals surface area contributed by atoms with E-state index in [-0.39, 0.29) is 132 Å². The zero-order valence-electron chi connectivity index (χ0n) is 36.7. The zero-order chi connectivity index (χ0) is 50.5. The Kier molecular flexibility index (Phi) is 13.2. The van der Waals surface area contributed by atoms with Gasteiger partial charge in [-0.25, -0.2) is 0 Å². The Morgan fingerprint density at radius 3 is 0.486 bits per heavy atom. The second kappa shape index (κ2) is 19.7. The molecule has 9 aromatic rings. The maximum Gasteiger partial charge on any atom is 0.130 e. The third kappa shape index (κ3) is 9.97. The predicted molar refractivity (Wildman–Crippen MR) is 280 cm³/mol. The van der Waals surface area contributed by atoms with Crippen LogP contribution in [0.1, 0.15) is 0 Å². The van der Waals surface area contributed by atoms with E-state index in [0.717, 1.165) is 70.6 Å². The third-order valence-corrected chi connectivity index (χ3v) is 17.3. The lowest BCUT2D eigenvalue weighted by Gasteiger charge is -2.14. The maximum absolute atomic E-state index is 11.2. The summed E-state index contributed by atoms with van der Waals surface area (Å²) >= 11 is 6.81. The van der Waals surface area contributed by atoms with E-state index in [1.165, 1.54) is 72.8 Å². The van der Waals surface area contributed by atoms with E-state index in [2.05, 4.69) is 0 Å². The molecule has 0 saturated heterocycles. The lowest BCUT2D eigenvalue weighted by atomic mass is 10.0. The third-order valence-electron chi connectivity index (χ3n) is 11.1. The van der Waals surface area contributed by atoms with E-state index in [1.807, 2.05) is 0 Å². The first kappa shape index (κ1) is 48.3. The standard InChI is InChI=1S/C54H36O12S6/c55-37-19-49-43(61)13-31(37)33-15-45(63)51(21-39(33)57)69-27-6-2-8-29(11-27)71-53-23-41(59)35(17-47(53)65)36-18-48(66)54(24-42(36)60)72-30-9-3-7-28(12-30)70-52-22-40(58)34(16-46(52)64)32-14-44(62)50(20-38(32)56)68-26-5-1-4-25(10-26)67-49/h1-24,55-66H. The quantitative estimate of drug-likeness (QED) is 0.0632. The fourth-order valence-corrected chi connectivity index (χ4v) is 13.4. The number of hydrogen-bond acceptors (Lipinski definition) is 18. The first-order valence-corrected chi connectivity index (χ1v) is 26.2. The van der Waals surface area contributed by atoms with E-state index in [0.29, 0.717) is 29.4 Å². The Morgan fingerprint density at radius 2 is 0.333 bits per heavy atom. The summed E-state index contributed by atoms with van der Waals surface area (Å²) < 4.78 is 0. The van der Waals surface area contributed by atoms with Crippen molar-refractivity contribution in [3.05, 3.63) is 146 Å². The highest BCUT2D eigenvalue weighted by Crippen LogP contribution is 2.52. The van der Waals surface area contributed by atoms with E-state index in [9.17, 15) is 61.3 Å². The molecule has 0 fully saturated rings. The topological polar surface area (TPSA) is 243 Å². The fraction of sp³-hybridized carbons (Fsp3) is 0. The normalized spacial score (nSPS) is 12.5. The smallest absolute Gasteiger partial charge is 0.130 e. The van der Waals surface area contributed by atoms with Crippen molar-refractivity contribution in [2.45, 2.75) is 58.7 Å². The van der Waals surface area contributed by atoms with Crippen molar-refractivity contribution in [2.24, 2.45) is 0 Å². The van der Waals surface area contributed by atoms with Crippen molar-refractivity contribution in [1.82, 2.24) is 0 Å². The van der Waals surface area contributed by atoms with Gasteiger partial charge < -0.3 is 61.3 Å². The van der Waals surface area contributed by atoms with Gasteiger partial charge in [0.25, 0.3) is 0 Å². The number of phenols is 12. The fourth-order valence-electron chi connectivity index (χ4n) is 7.70. The van der Waals surface area contributed by atoms with Crippen LogP contribution in [-0.2, 0) is 0 Å². The van der Waals surface area contributed by atoms with Crippen molar-refractivity contribution in [1.29, 1.82) is 0 Å². The van der Waals surface area contributed by atoms with Gasteiger partial charge in [-0.3, -0.25) is 0 Å². The molecule has 12 nitrogen and oxygen atoms in total. The van der Waals surface area contributed by atoms with Crippen LogP contribution in [0.5, 0.6) is 69.0 Å². The largest absolute Gasteiger partial charge is 0.507 e. The maximum atomic E-state index is 11.2. The molecule has 21 rings (SSSR count). The van der Waals surface area contributed by atoms with Crippen LogP contribution in [0.15, 0.2) is 204 Å². The van der Waals surface area contributed by atoms with Gasteiger partial charge in [-0.2, -0.15) is 0 Å². The lowest BCUT2D eigenvalue weighted by molar-refractivity contribution is 0.444. The molecule has 0 amide bonds. The van der Waals surface area contributed by atoms with E-state index < -0.39 is 0 Å². The summed E-state index contributed by atoms with van der Waals surface area (Å²) in [6.07, 6.45) is 0. The highest BCUT2D eigenvalue weighted by atomic mass is 32.2. The molecule has 12 aliphatic heterocycles. The van der Waals surface area contributed by atoms with Gasteiger partial charge in [-0.1, -0.05) is 88.8 Å². The molecule has 12 N–H and O–H groups in total. The van der Waals surface area contributed by atoms with Gasteiger partial charge in [0.15, 0.2) is 0 Å². The molecule has 360 valence electrons. The molecule has 0 unspecified atom stereocenters. The van der Waals surface area contributed by atoms with Crippen molar-refractivity contribution in [2.75, 3.05) is 0 Å². The summed E-state index contributed by atoms with van der Waals surface area (Å²) in [7, 11) is 0. The Labute approximate surface area is 435 Å². The Bertz CT molecular complexity index is 3060. The van der Waals surface area contributed by atoms with Gasteiger partial charge in [-0.05, 0) is 127 Å². The summed E-state index contributed by atoms with van der Waals surface area (Å²) in [6.45, 7) is 0. The van der Waals surface area contributed by atoms with Crippen LogP contribution < -0.4 is 0 Å². The summed E-state index contributed by atoms with van der Waals surface area (Å²) in [6, 6.07) is 37.0. The molecule has 0 atom stereocenters. The van der Waals surface area contributed by atoms with Crippen LogP contribution >= 0.6 is 70.6 Å². The molecule has 9 aromatic carbocycles. The minimum Gasteiger partial charge on any atom is -0.507 e. The van der Waals surface area contributed by atoms with Gasteiger partial charge in [-0.15, -0.1) is 0 Å². The van der Waals surface area contributed by atoms with Crippen molar-refractivity contribution >= 4 is 70.6 Å². The van der Waals surface area contributed by atoms with Crippen LogP contribution in [0.25, 0.3) is 33.4 Å². The molecule has 0 aliphatic carbocycles. The first-order chi connectivity index (χ1) is 34.5. The molecule has 0 spiro atoms. The van der Waals surface area contributed by atoms with Crippen LogP contribution in [-0.4, -0.2) is 61.3 Å². The van der Waals surface area contributed by atoms with E-state index in [4.69, 9.17) is 0 Å². The highest BCUT2D eigenvalue weighted by Gasteiger charge is 2.22. The zero-order valence-corrected chi connectivity index (χ0v) is 41.6. The number of hydrogen-bond donors (Lipinski definition) is 12. The molecule has 18 heteroatoms. The molecular formula is C54H36O12S6. The molecule has 12 aliphatic rings. The summed E-state index contributed by atoms with van der Waals surface area (Å²) in [5.74, 6) is -3.07. The van der Waals surface area contributed by atoms with Gasteiger partial charge in [0.2, 0.25) is 0 Å². The number of benzene rings is 9.